The molecule has 0 heterocycles. The van der Waals surface area contributed by atoms with Crippen molar-refractivity contribution in [2.45, 2.75) is 77.6 Å². The Morgan fingerprint density at radius 1 is 1.19 bits per heavy atom. The molecule has 1 aliphatic carbocycles. The molecule has 0 bridgehead atoms. The van der Waals surface area contributed by atoms with Crippen LogP contribution in [0.15, 0.2) is 35.9 Å². The highest BCUT2D eigenvalue weighted by molar-refractivity contribution is 5.25. The van der Waals surface area contributed by atoms with Crippen molar-refractivity contribution in [3.63, 3.8) is 0 Å². The monoisotopic (exact) mass is 360 g/mol. The molecule has 146 valence electrons. The molecule has 2 rings (SSSR count). The minimum atomic E-state index is -0.794. The molecular formula is C23H36O3. The van der Waals surface area contributed by atoms with Gasteiger partial charge in [-0.1, -0.05) is 37.3 Å². The largest absolute Gasteiger partial charge is 0.390 e. The summed E-state index contributed by atoms with van der Waals surface area (Å²) < 4.78 is 5.46. The smallest absolute Gasteiger partial charge is 0.0751 e. The minimum absolute atomic E-state index is 0.0629. The fraction of sp³-hybridized carbons (Fsp3) is 0.652. The molecule has 0 unspecified atom stereocenters. The number of aliphatic hydroxyl groups excluding tert-OH is 1. The lowest BCUT2D eigenvalue weighted by molar-refractivity contribution is -0.0264. The van der Waals surface area contributed by atoms with Gasteiger partial charge in [0.25, 0.3) is 0 Å². The van der Waals surface area contributed by atoms with Gasteiger partial charge in [0.15, 0.2) is 0 Å². The summed E-state index contributed by atoms with van der Waals surface area (Å²) in [5.74, 6) is 0.315. The van der Waals surface area contributed by atoms with Gasteiger partial charge in [0, 0.05) is 7.11 Å². The van der Waals surface area contributed by atoms with Gasteiger partial charge in [0.05, 0.1) is 17.8 Å². The van der Waals surface area contributed by atoms with E-state index >= 15 is 0 Å². The maximum atomic E-state index is 10.6. The summed E-state index contributed by atoms with van der Waals surface area (Å²) in [4.78, 5) is 0. The average molecular weight is 361 g/mol. The number of hydrogen-bond acceptors (Lipinski definition) is 3. The summed E-state index contributed by atoms with van der Waals surface area (Å²) in [5, 5.41) is 20.7. The lowest BCUT2D eigenvalue weighted by atomic mass is 9.70. The zero-order chi connectivity index (χ0) is 19.3. The first-order chi connectivity index (χ1) is 12.2. The molecule has 0 fully saturated rings. The Hall–Kier alpha value is -1.16. The summed E-state index contributed by atoms with van der Waals surface area (Å²) in [5.41, 5.74) is 2.86. The van der Waals surface area contributed by atoms with E-state index in [9.17, 15) is 10.2 Å². The Bertz CT molecular complexity index is 578. The first kappa shape index (κ1) is 21.1. The topological polar surface area (TPSA) is 49.7 Å². The van der Waals surface area contributed by atoms with Crippen molar-refractivity contribution in [3.8, 4) is 0 Å². The van der Waals surface area contributed by atoms with Gasteiger partial charge in [-0.05, 0) is 81.4 Å². The maximum absolute atomic E-state index is 10.6. The summed E-state index contributed by atoms with van der Waals surface area (Å²) in [6.07, 6.45) is 6.73. The van der Waals surface area contributed by atoms with Crippen LogP contribution < -0.4 is 0 Å². The predicted octanol–water partition coefficient (Wildman–Crippen LogP) is 4.30. The summed E-state index contributed by atoms with van der Waals surface area (Å²) in [6.45, 7) is 7.86. The van der Waals surface area contributed by atoms with Crippen LogP contribution in [0.1, 0.15) is 58.1 Å². The van der Waals surface area contributed by atoms with E-state index in [1.54, 1.807) is 7.11 Å². The van der Waals surface area contributed by atoms with Crippen LogP contribution in [0.2, 0.25) is 0 Å². The molecule has 0 aromatic heterocycles. The van der Waals surface area contributed by atoms with E-state index in [-0.39, 0.29) is 11.8 Å². The minimum Gasteiger partial charge on any atom is -0.390 e. The number of benzene rings is 1. The van der Waals surface area contributed by atoms with E-state index in [0.717, 1.165) is 31.3 Å². The number of methoxy groups -OCH3 is 1. The first-order valence-electron chi connectivity index (χ1n) is 9.94. The van der Waals surface area contributed by atoms with Crippen LogP contribution >= 0.6 is 0 Å². The third kappa shape index (κ3) is 5.67. The van der Waals surface area contributed by atoms with E-state index in [2.05, 4.69) is 37.3 Å². The molecule has 2 N–H and O–H groups in total. The van der Waals surface area contributed by atoms with Crippen LogP contribution in [0.5, 0.6) is 0 Å². The summed E-state index contributed by atoms with van der Waals surface area (Å²) in [6, 6.07) is 8.84. The number of hydrogen-bond donors (Lipinski definition) is 2. The van der Waals surface area contributed by atoms with Gasteiger partial charge in [-0.2, -0.15) is 0 Å². The zero-order valence-corrected chi connectivity index (χ0v) is 17.0. The molecule has 1 aromatic carbocycles. The normalized spacial score (nSPS) is 25.0. The van der Waals surface area contributed by atoms with Crippen molar-refractivity contribution in [1.82, 2.24) is 0 Å². The summed E-state index contributed by atoms with van der Waals surface area (Å²) in [7, 11) is 1.78. The molecule has 0 saturated heterocycles. The highest BCUT2D eigenvalue weighted by Crippen LogP contribution is 2.38. The van der Waals surface area contributed by atoms with Crippen molar-refractivity contribution >= 4 is 0 Å². The standard InChI is InChI=1S/C23H36O3/c1-6-20(26-5)12-11-17-7-9-18(10-8-17)14-19-13-16(2)22(24)15-21(19)23(3,4)25/h7-10,13,19-22,24-25H,6,11-12,14-15H2,1-5H3/t19-,20+,21-,22-/m0/s1. The van der Waals surface area contributed by atoms with E-state index in [4.69, 9.17) is 4.74 Å². The third-order valence-electron chi connectivity index (χ3n) is 5.94. The van der Waals surface area contributed by atoms with Crippen LogP contribution in [-0.2, 0) is 17.6 Å². The van der Waals surface area contributed by atoms with E-state index in [0.29, 0.717) is 12.5 Å². The molecule has 0 aliphatic heterocycles. The second-order valence-corrected chi connectivity index (χ2v) is 8.41. The second kappa shape index (κ2) is 9.16. The van der Waals surface area contributed by atoms with Crippen molar-refractivity contribution < 1.29 is 14.9 Å². The molecular weight excluding hydrogens is 324 g/mol. The third-order valence-corrected chi connectivity index (χ3v) is 5.94. The molecule has 4 atom stereocenters. The van der Waals surface area contributed by atoms with Gasteiger partial charge >= 0.3 is 0 Å². The van der Waals surface area contributed by atoms with Crippen molar-refractivity contribution in [3.05, 3.63) is 47.0 Å². The van der Waals surface area contributed by atoms with Gasteiger partial charge in [-0.3, -0.25) is 0 Å². The Morgan fingerprint density at radius 2 is 1.81 bits per heavy atom. The molecule has 0 radical (unpaired) electrons. The molecule has 0 amide bonds. The Morgan fingerprint density at radius 3 is 2.35 bits per heavy atom. The van der Waals surface area contributed by atoms with Crippen molar-refractivity contribution in [1.29, 1.82) is 0 Å². The number of ether oxygens (including phenoxy) is 1. The van der Waals surface area contributed by atoms with Crippen LogP contribution in [0.25, 0.3) is 0 Å². The Labute approximate surface area is 159 Å². The molecule has 0 saturated carbocycles. The van der Waals surface area contributed by atoms with Gasteiger partial charge in [-0.25, -0.2) is 0 Å². The highest BCUT2D eigenvalue weighted by atomic mass is 16.5. The van der Waals surface area contributed by atoms with Gasteiger partial charge in [0.1, 0.15) is 0 Å². The predicted molar refractivity (Wildman–Crippen MR) is 107 cm³/mol. The average Bonchev–Trinajstić information content (AvgIpc) is 2.59. The SMILES string of the molecule is CC[C@H](CCc1ccc(C[C@@H]2C=C(C)[C@@H](O)C[C@@H]2C(C)(C)O)cc1)OC. The lowest BCUT2D eigenvalue weighted by Gasteiger charge is -2.40. The molecule has 1 aromatic rings. The zero-order valence-electron chi connectivity index (χ0n) is 17.0. The fourth-order valence-electron chi connectivity index (χ4n) is 4.11. The van der Waals surface area contributed by atoms with Crippen LogP contribution in [0.4, 0.5) is 0 Å². The number of rotatable bonds is 8. The molecule has 0 spiro atoms. The molecule has 3 nitrogen and oxygen atoms in total. The van der Waals surface area contributed by atoms with Crippen molar-refractivity contribution in [2.24, 2.45) is 11.8 Å². The highest BCUT2D eigenvalue weighted by Gasteiger charge is 2.37. The van der Waals surface area contributed by atoms with Gasteiger partial charge in [0.2, 0.25) is 0 Å². The van der Waals surface area contributed by atoms with Gasteiger partial charge in [-0.15, -0.1) is 0 Å². The van der Waals surface area contributed by atoms with E-state index < -0.39 is 11.7 Å². The fourth-order valence-corrected chi connectivity index (χ4v) is 4.11. The first-order valence-corrected chi connectivity index (χ1v) is 9.94. The van der Waals surface area contributed by atoms with Crippen LogP contribution in [0.3, 0.4) is 0 Å². The molecule has 3 heteroatoms. The maximum Gasteiger partial charge on any atom is 0.0751 e. The van der Waals surface area contributed by atoms with Crippen molar-refractivity contribution in [2.75, 3.05) is 7.11 Å². The molecule has 1 aliphatic rings. The number of allylic oxidation sites excluding steroid dienone is 1. The van der Waals surface area contributed by atoms with Crippen LogP contribution in [0, 0.1) is 11.8 Å². The quantitative estimate of drug-likeness (QED) is 0.680. The summed E-state index contributed by atoms with van der Waals surface area (Å²) >= 11 is 0. The number of aliphatic hydroxyl groups is 2. The Kier molecular flexibility index (Phi) is 7.45. The molecule has 26 heavy (non-hydrogen) atoms. The lowest BCUT2D eigenvalue weighted by Crippen LogP contribution is -2.41. The second-order valence-electron chi connectivity index (χ2n) is 8.41. The van der Waals surface area contributed by atoms with Crippen LogP contribution in [-0.4, -0.2) is 35.1 Å². The Balaban J connectivity index is 2.04. The number of aryl methyl sites for hydroxylation is 1. The van der Waals surface area contributed by atoms with E-state index in [1.165, 1.54) is 11.1 Å². The van der Waals surface area contributed by atoms with Gasteiger partial charge < -0.3 is 14.9 Å². The van der Waals surface area contributed by atoms with E-state index in [1.807, 2.05) is 20.8 Å².